The Morgan fingerprint density at radius 3 is 2.21 bits per heavy atom. The van der Waals surface area contributed by atoms with Crippen LogP contribution in [0.2, 0.25) is 5.02 Å². The Morgan fingerprint density at radius 2 is 1.59 bits per heavy atom. The van der Waals surface area contributed by atoms with Gasteiger partial charge < -0.3 is 5.11 Å². The predicted octanol–water partition coefficient (Wildman–Crippen LogP) is 5.19. The van der Waals surface area contributed by atoms with Crippen LogP contribution in [0.1, 0.15) is 16.7 Å². The minimum Gasteiger partial charge on any atom is -0.386 e. The molecule has 34 heavy (non-hydrogen) atoms. The SMILES string of the molecule is O=S(=O)(Cc1cc(F)cc(F)c1)CC1(O)CN(Cc2ccc(Cl)cc2-c2ccc(CCl)cc2)C1. The average Bonchev–Trinajstić information content (AvgIpc) is 2.72. The summed E-state index contributed by atoms with van der Waals surface area (Å²) < 4.78 is 51.9. The minimum atomic E-state index is -3.78. The molecule has 4 nitrogen and oxygen atoms in total. The van der Waals surface area contributed by atoms with Gasteiger partial charge in [0.05, 0.1) is 11.5 Å². The third kappa shape index (κ3) is 6.15. The van der Waals surface area contributed by atoms with Crippen molar-refractivity contribution in [1.29, 1.82) is 0 Å². The van der Waals surface area contributed by atoms with Crippen LogP contribution in [0, 0.1) is 11.6 Å². The zero-order chi connectivity index (χ0) is 24.5. The third-order valence-electron chi connectivity index (χ3n) is 5.72. The van der Waals surface area contributed by atoms with Gasteiger partial charge in [-0.05, 0) is 52.1 Å². The molecule has 1 heterocycles. The lowest BCUT2D eigenvalue weighted by Gasteiger charge is -2.46. The number of β-amino-alcohol motifs (C(OH)–C–C–N with tert-alkyl or cyclic N) is 1. The number of benzene rings is 3. The molecule has 0 saturated carbocycles. The molecule has 0 unspecified atom stereocenters. The highest BCUT2D eigenvalue weighted by molar-refractivity contribution is 7.90. The Kier molecular flexibility index (Phi) is 7.31. The molecule has 0 aliphatic carbocycles. The van der Waals surface area contributed by atoms with Gasteiger partial charge in [0.2, 0.25) is 0 Å². The van der Waals surface area contributed by atoms with E-state index in [4.69, 9.17) is 23.2 Å². The van der Waals surface area contributed by atoms with Crippen molar-refractivity contribution in [3.05, 3.63) is 94.0 Å². The highest BCUT2D eigenvalue weighted by atomic mass is 35.5. The molecular formula is C25H23Cl2F2NO3S. The van der Waals surface area contributed by atoms with E-state index in [2.05, 4.69) is 0 Å². The molecule has 4 rings (SSSR count). The van der Waals surface area contributed by atoms with Crippen molar-refractivity contribution < 1.29 is 22.3 Å². The summed E-state index contributed by atoms with van der Waals surface area (Å²) in [4.78, 5) is 1.94. The summed E-state index contributed by atoms with van der Waals surface area (Å²) in [6, 6.07) is 16.1. The van der Waals surface area contributed by atoms with E-state index in [9.17, 15) is 22.3 Å². The van der Waals surface area contributed by atoms with Gasteiger partial charge in [-0.25, -0.2) is 17.2 Å². The number of hydrogen-bond donors (Lipinski definition) is 1. The van der Waals surface area contributed by atoms with Crippen molar-refractivity contribution in [2.45, 2.75) is 23.8 Å². The molecule has 9 heteroatoms. The molecule has 3 aromatic rings. The number of nitrogens with zero attached hydrogens (tertiary/aromatic N) is 1. The van der Waals surface area contributed by atoms with Crippen LogP contribution in [0.25, 0.3) is 11.1 Å². The highest BCUT2D eigenvalue weighted by Gasteiger charge is 2.44. The molecule has 0 radical (unpaired) electrons. The topological polar surface area (TPSA) is 57.6 Å². The van der Waals surface area contributed by atoms with Gasteiger partial charge in [0, 0.05) is 36.6 Å². The fourth-order valence-electron chi connectivity index (χ4n) is 4.37. The first-order chi connectivity index (χ1) is 16.0. The predicted molar refractivity (Wildman–Crippen MR) is 131 cm³/mol. The molecule has 1 N–H and O–H groups in total. The minimum absolute atomic E-state index is 0.0169. The normalized spacial score (nSPS) is 15.8. The monoisotopic (exact) mass is 525 g/mol. The summed E-state index contributed by atoms with van der Waals surface area (Å²) in [6.45, 7) is 0.829. The molecule has 180 valence electrons. The second-order valence-corrected chi connectivity index (χ2v) is 11.6. The van der Waals surface area contributed by atoms with Crippen LogP contribution in [-0.2, 0) is 28.0 Å². The van der Waals surface area contributed by atoms with Crippen molar-refractivity contribution in [3.8, 4) is 11.1 Å². The van der Waals surface area contributed by atoms with Crippen molar-refractivity contribution in [3.63, 3.8) is 0 Å². The van der Waals surface area contributed by atoms with E-state index in [0.717, 1.165) is 34.4 Å². The largest absolute Gasteiger partial charge is 0.386 e. The lowest BCUT2D eigenvalue weighted by Crippen LogP contribution is -2.64. The van der Waals surface area contributed by atoms with Crippen LogP contribution in [-0.4, -0.2) is 42.9 Å². The van der Waals surface area contributed by atoms with Crippen molar-refractivity contribution in [2.75, 3.05) is 18.8 Å². The van der Waals surface area contributed by atoms with Crippen LogP contribution >= 0.6 is 23.2 Å². The van der Waals surface area contributed by atoms with E-state index in [-0.39, 0.29) is 18.7 Å². The van der Waals surface area contributed by atoms with Gasteiger partial charge in [-0.1, -0.05) is 41.9 Å². The second-order valence-electron chi connectivity index (χ2n) is 8.81. The zero-order valence-corrected chi connectivity index (χ0v) is 20.5. The first-order valence-corrected chi connectivity index (χ1v) is 13.3. The quantitative estimate of drug-likeness (QED) is 0.411. The Labute approximate surface area is 207 Å². The van der Waals surface area contributed by atoms with E-state index in [0.29, 0.717) is 23.5 Å². The van der Waals surface area contributed by atoms with E-state index in [1.165, 1.54) is 0 Å². The van der Waals surface area contributed by atoms with Gasteiger partial charge >= 0.3 is 0 Å². The number of aliphatic hydroxyl groups is 1. The van der Waals surface area contributed by atoms with Crippen molar-refractivity contribution in [1.82, 2.24) is 4.90 Å². The Balaban J connectivity index is 1.42. The summed E-state index contributed by atoms with van der Waals surface area (Å²) in [7, 11) is -3.78. The number of halogens is 4. The summed E-state index contributed by atoms with van der Waals surface area (Å²) >= 11 is 12.1. The maximum absolute atomic E-state index is 13.4. The molecule has 0 atom stereocenters. The van der Waals surface area contributed by atoms with Crippen LogP contribution in [0.15, 0.2) is 60.7 Å². The maximum atomic E-state index is 13.4. The van der Waals surface area contributed by atoms with Gasteiger partial charge in [0.1, 0.15) is 17.2 Å². The smallest absolute Gasteiger partial charge is 0.157 e. The van der Waals surface area contributed by atoms with Gasteiger partial charge in [0.15, 0.2) is 9.84 Å². The fraction of sp³-hybridized carbons (Fsp3) is 0.280. The summed E-state index contributed by atoms with van der Waals surface area (Å²) in [5.74, 6) is -2.28. The average molecular weight is 526 g/mol. The van der Waals surface area contributed by atoms with Gasteiger partial charge in [-0.15, -0.1) is 11.6 Å². The van der Waals surface area contributed by atoms with E-state index >= 15 is 0 Å². The number of sulfone groups is 1. The number of rotatable bonds is 8. The van der Waals surface area contributed by atoms with Crippen LogP contribution in [0.5, 0.6) is 0 Å². The maximum Gasteiger partial charge on any atom is 0.157 e. The molecule has 0 aromatic heterocycles. The van der Waals surface area contributed by atoms with Gasteiger partial charge in [-0.2, -0.15) is 0 Å². The molecule has 1 saturated heterocycles. The van der Waals surface area contributed by atoms with Crippen LogP contribution in [0.3, 0.4) is 0 Å². The number of alkyl halides is 1. The fourth-order valence-corrected chi connectivity index (χ4v) is 6.50. The molecule has 1 aliphatic rings. The molecular weight excluding hydrogens is 503 g/mol. The summed E-state index contributed by atoms with van der Waals surface area (Å²) in [5, 5.41) is 11.4. The van der Waals surface area contributed by atoms with E-state index in [1.54, 1.807) is 6.07 Å². The molecule has 3 aromatic carbocycles. The third-order valence-corrected chi connectivity index (χ3v) is 8.01. The van der Waals surface area contributed by atoms with Gasteiger partial charge in [-0.3, -0.25) is 4.90 Å². The van der Waals surface area contributed by atoms with Crippen molar-refractivity contribution >= 4 is 33.0 Å². The van der Waals surface area contributed by atoms with E-state index in [1.807, 2.05) is 41.3 Å². The Bertz CT molecular complexity index is 1270. The second kappa shape index (κ2) is 9.91. The molecule has 0 spiro atoms. The summed E-state index contributed by atoms with van der Waals surface area (Å²) in [5.41, 5.74) is 2.52. The standard InChI is InChI=1S/C25H23Cl2F2NO3S/c26-11-17-1-3-19(4-2-17)24-9-21(27)6-5-20(24)12-30-14-25(31,15-30)16-34(32,33)13-18-7-22(28)10-23(29)8-18/h1-10,31H,11-16H2. The highest BCUT2D eigenvalue weighted by Crippen LogP contribution is 2.32. The van der Waals surface area contributed by atoms with E-state index < -0.39 is 38.6 Å². The Hall–Kier alpha value is -2.03. The molecule has 1 fully saturated rings. The lowest BCUT2D eigenvalue weighted by molar-refractivity contribution is -0.0843. The number of hydrogen-bond acceptors (Lipinski definition) is 4. The first kappa shape index (κ1) is 25.1. The number of likely N-dealkylation sites (tertiary alicyclic amines) is 1. The molecule has 0 amide bonds. The lowest BCUT2D eigenvalue weighted by atomic mass is 9.93. The van der Waals surface area contributed by atoms with Crippen molar-refractivity contribution in [2.24, 2.45) is 0 Å². The first-order valence-electron chi connectivity index (χ1n) is 10.6. The molecule has 1 aliphatic heterocycles. The van der Waals surface area contributed by atoms with Gasteiger partial charge in [0.25, 0.3) is 0 Å². The van der Waals surface area contributed by atoms with Crippen LogP contribution in [0.4, 0.5) is 8.78 Å². The van der Waals surface area contributed by atoms with Crippen LogP contribution < -0.4 is 0 Å². The zero-order valence-electron chi connectivity index (χ0n) is 18.1. The Morgan fingerprint density at radius 1 is 0.941 bits per heavy atom. The summed E-state index contributed by atoms with van der Waals surface area (Å²) in [6.07, 6.45) is 0. The molecule has 0 bridgehead atoms.